The molecule has 1 aromatic heterocycles. The number of rotatable bonds is 5. The van der Waals surface area contributed by atoms with Crippen LogP contribution in [0.25, 0.3) is 0 Å². The van der Waals surface area contributed by atoms with Crippen LogP contribution in [0.1, 0.15) is 30.4 Å². The van der Waals surface area contributed by atoms with Crippen molar-refractivity contribution in [1.29, 1.82) is 0 Å². The van der Waals surface area contributed by atoms with Crippen molar-refractivity contribution in [3.8, 4) is 5.75 Å². The van der Waals surface area contributed by atoms with Gasteiger partial charge in [-0.3, -0.25) is 14.3 Å². The molecule has 1 atom stereocenters. The molecule has 132 valence electrons. The Kier molecular flexibility index (Phi) is 4.74. The van der Waals surface area contributed by atoms with Gasteiger partial charge in [-0.1, -0.05) is 6.07 Å². The van der Waals surface area contributed by atoms with Gasteiger partial charge in [-0.25, -0.2) is 0 Å². The summed E-state index contributed by atoms with van der Waals surface area (Å²) in [7, 11) is 1.83. The van der Waals surface area contributed by atoms with E-state index < -0.39 is 5.91 Å². The first-order valence-corrected chi connectivity index (χ1v) is 8.30. The maximum Gasteiger partial charge on any atom is 0.255 e. The van der Waals surface area contributed by atoms with Gasteiger partial charge in [-0.15, -0.1) is 0 Å². The van der Waals surface area contributed by atoms with Crippen LogP contribution in [-0.2, 0) is 23.1 Å². The lowest BCUT2D eigenvalue weighted by molar-refractivity contribution is -0.120. The van der Waals surface area contributed by atoms with Crippen LogP contribution in [-0.4, -0.2) is 34.7 Å². The highest BCUT2D eigenvalue weighted by molar-refractivity contribution is 5.99. The molecule has 2 heterocycles. The van der Waals surface area contributed by atoms with E-state index in [1.165, 1.54) is 0 Å². The summed E-state index contributed by atoms with van der Waals surface area (Å²) in [5.41, 5.74) is 7.84. The van der Waals surface area contributed by atoms with Gasteiger partial charge in [-0.05, 0) is 31.9 Å². The van der Waals surface area contributed by atoms with Gasteiger partial charge in [0.1, 0.15) is 5.75 Å². The number of carbonyl (C=O) groups is 2. The molecule has 0 fully saturated rings. The number of carbonyl (C=O) groups excluding carboxylic acids is 2. The third-order valence-corrected chi connectivity index (χ3v) is 4.44. The van der Waals surface area contributed by atoms with Gasteiger partial charge >= 0.3 is 0 Å². The summed E-state index contributed by atoms with van der Waals surface area (Å²) in [6.07, 6.45) is 5.23. The molecule has 25 heavy (non-hydrogen) atoms. The molecule has 0 aliphatic carbocycles. The van der Waals surface area contributed by atoms with Crippen LogP contribution in [0.5, 0.6) is 5.75 Å². The van der Waals surface area contributed by atoms with E-state index in [-0.39, 0.29) is 18.4 Å². The van der Waals surface area contributed by atoms with E-state index in [1.807, 2.05) is 32.3 Å². The van der Waals surface area contributed by atoms with E-state index in [2.05, 4.69) is 5.10 Å². The average molecular weight is 342 g/mol. The van der Waals surface area contributed by atoms with Crippen molar-refractivity contribution in [1.82, 2.24) is 9.78 Å². The Morgan fingerprint density at radius 3 is 2.88 bits per heavy atom. The molecule has 2 aromatic rings. The Morgan fingerprint density at radius 2 is 2.20 bits per heavy atom. The van der Waals surface area contributed by atoms with Crippen molar-refractivity contribution in [2.24, 2.45) is 12.8 Å². The largest absolute Gasteiger partial charge is 0.483 e. The number of benzene rings is 1. The second kappa shape index (κ2) is 6.96. The van der Waals surface area contributed by atoms with Crippen molar-refractivity contribution in [3.63, 3.8) is 0 Å². The molecule has 7 heteroatoms. The molecule has 1 aliphatic heterocycles. The van der Waals surface area contributed by atoms with E-state index in [0.29, 0.717) is 12.3 Å². The van der Waals surface area contributed by atoms with E-state index in [4.69, 9.17) is 10.5 Å². The Balaban J connectivity index is 1.87. The van der Waals surface area contributed by atoms with Crippen LogP contribution in [0, 0.1) is 0 Å². The van der Waals surface area contributed by atoms with Crippen LogP contribution in [0.2, 0.25) is 0 Å². The van der Waals surface area contributed by atoms with Gasteiger partial charge in [0.2, 0.25) is 5.91 Å². The summed E-state index contributed by atoms with van der Waals surface area (Å²) >= 11 is 0. The number of nitrogens with zero attached hydrogens (tertiary/aromatic N) is 3. The number of ether oxygens (including phenoxy) is 1. The molecule has 0 saturated heterocycles. The van der Waals surface area contributed by atoms with Crippen LogP contribution in [0.3, 0.4) is 0 Å². The standard InChI is InChI=1S/C18H22N4O3/c1-12(13-9-20-21(2)10-13)18(24)22-8-4-5-14-15(22)6-3-7-16(14)25-11-17(19)23/h3,6-7,9-10,12H,4-5,8,11H2,1-2H3,(H2,19,23). The van der Waals surface area contributed by atoms with Gasteiger partial charge < -0.3 is 15.4 Å². The lowest BCUT2D eigenvalue weighted by Crippen LogP contribution is -2.38. The second-order valence-electron chi connectivity index (χ2n) is 6.27. The van der Waals surface area contributed by atoms with Gasteiger partial charge in [-0.2, -0.15) is 5.10 Å². The number of aromatic nitrogens is 2. The molecular weight excluding hydrogens is 320 g/mol. The number of amides is 2. The van der Waals surface area contributed by atoms with E-state index >= 15 is 0 Å². The molecule has 1 aliphatic rings. The lowest BCUT2D eigenvalue weighted by Gasteiger charge is -2.32. The number of nitrogens with two attached hydrogens (primary N) is 1. The number of primary amides is 1. The molecule has 0 radical (unpaired) electrons. The highest BCUT2D eigenvalue weighted by Gasteiger charge is 2.29. The van der Waals surface area contributed by atoms with Crippen LogP contribution in [0.4, 0.5) is 5.69 Å². The number of hydrogen-bond donors (Lipinski definition) is 1. The zero-order chi connectivity index (χ0) is 18.0. The summed E-state index contributed by atoms with van der Waals surface area (Å²) in [5.74, 6) is -0.162. The van der Waals surface area contributed by atoms with Crippen molar-refractivity contribution in [2.75, 3.05) is 18.1 Å². The smallest absolute Gasteiger partial charge is 0.255 e. The summed E-state index contributed by atoms with van der Waals surface area (Å²) in [4.78, 5) is 25.8. The highest BCUT2D eigenvalue weighted by Crippen LogP contribution is 2.35. The minimum Gasteiger partial charge on any atom is -0.483 e. The fraction of sp³-hybridized carbons (Fsp3) is 0.389. The summed E-state index contributed by atoms with van der Waals surface area (Å²) in [5, 5.41) is 4.15. The summed E-state index contributed by atoms with van der Waals surface area (Å²) in [6, 6.07) is 5.55. The van der Waals surface area contributed by atoms with Gasteiger partial charge in [0, 0.05) is 30.9 Å². The molecule has 0 saturated carbocycles. The topological polar surface area (TPSA) is 90.4 Å². The Labute approximate surface area is 146 Å². The number of fused-ring (bicyclic) bond motifs is 1. The third kappa shape index (κ3) is 3.50. The van der Waals surface area contributed by atoms with Gasteiger partial charge in [0.05, 0.1) is 17.8 Å². The van der Waals surface area contributed by atoms with E-state index in [1.54, 1.807) is 21.8 Å². The van der Waals surface area contributed by atoms with Crippen molar-refractivity contribution < 1.29 is 14.3 Å². The van der Waals surface area contributed by atoms with Crippen molar-refractivity contribution >= 4 is 17.5 Å². The molecule has 2 amide bonds. The minimum absolute atomic E-state index is 0.0287. The Bertz CT molecular complexity index is 799. The molecule has 1 unspecified atom stereocenters. The quantitative estimate of drug-likeness (QED) is 0.888. The van der Waals surface area contributed by atoms with Crippen LogP contribution >= 0.6 is 0 Å². The first-order valence-electron chi connectivity index (χ1n) is 8.30. The first-order chi connectivity index (χ1) is 12.0. The minimum atomic E-state index is -0.522. The van der Waals surface area contributed by atoms with Crippen molar-refractivity contribution in [2.45, 2.75) is 25.7 Å². The van der Waals surface area contributed by atoms with E-state index in [9.17, 15) is 9.59 Å². The van der Waals surface area contributed by atoms with Gasteiger partial charge in [0.25, 0.3) is 5.91 Å². The SMILES string of the molecule is CC(C(=O)N1CCCc2c(OCC(N)=O)cccc21)c1cnn(C)c1. The molecule has 2 N–H and O–H groups in total. The van der Waals surface area contributed by atoms with Crippen molar-refractivity contribution in [3.05, 3.63) is 41.7 Å². The molecule has 3 rings (SSSR count). The molecule has 0 spiro atoms. The second-order valence-corrected chi connectivity index (χ2v) is 6.27. The summed E-state index contributed by atoms with van der Waals surface area (Å²) in [6.45, 7) is 2.38. The third-order valence-electron chi connectivity index (χ3n) is 4.44. The fourth-order valence-electron chi connectivity index (χ4n) is 3.15. The highest BCUT2D eigenvalue weighted by atomic mass is 16.5. The van der Waals surface area contributed by atoms with E-state index in [0.717, 1.165) is 29.7 Å². The first kappa shape index (κ1) is 17.0. The monoisotopic (exact) mass is 342 g/mol. The average Bonchev–Trinajstić information content (AvgIpc) is 3.04. The fourth-order valence-corrected chi connectivity index (χ4v) is 3.15. The Hall–Kier alpha value is -2.83. The number of aryl methyl sites for hydroxylation is 1. The molecule has 0 bridgehead atoms. The normalized spacial score (nSPS) is 14.7. The zero-order valence-corrected chi connectivity index (χ0v) is 14.4. The molecule has 1 aromatic carbocycles. The molecular formula is C18H22N4O3. The maximum absolute atomic E-state index is 13.0. The predicted molar refractivity (Wildman–Crippen MR) is 93.4 cm³/mol. The van der Waals surface area contributed by atoms with Crippen LogP contribution < -0.4 is 15.4 Å². The lowest BCUT2D eigenvalue weighted by atomic mass is 9.97. The zero-order valence-electron chi connectivity index (χ0n) is 14.4. The summed E-state index contributed by atoms with van der Waals surface area (Å²) < 4.78 is 7.21. The van der Waals surface area contributed by atoms with Crippen LogP contribution in [0.15, 0.2) is 30.6 Å². The van der Waals surface area contributed by atoms with Gasteiger partial charge in [0.15, 0.2) is 6.61 Å². The number of hydrogen-bond acceptors (Lipinski definition) is 4. The number of anilines is 1. The Morgan fingerprint density at radius 1 is 1.40 bits per heavy atom. The predicted octanol–water partition coefficient (Wildman–Crippen LogP) is 1.37. The molecule has 7 nitrogen and oxygen atoms in total. The maximum atomic E-state index is 13.0.